The number of hydrogen-bond acceptors (Lipinski definition) is 4. The molecule has 3 amide bonds. The summed E-state index contributed by atoms with van der Waals surface area (Å²) in [6, 6.07) is 8.90. The van der Waals surface area contributed by atoms with E-state index in [-0.39, 0.29) is 5.91 Å². The molecule has 0 bridgehead atoms. The van der Waals surface area contributed by atoms with Gasteiger partial charge in [-0.3, -0.25) is 15.0 Å². The highest BCUT2D eigenvalue weighted by molar-refractivity contribution is 7.09. The number of likely N-dealkylation sites (N-methyl/N-ethyl adjacent to an activating group) is 1. The van der Waals surface area contributed by atoms with Crippen LogP contribution in [0.5, 0.6) is 0 Å². The fraction of sp³-hybridized carbons (Fsp3) is 0.368. The molecule has 1 atom stereocenters. The minimum absolute atomic E-state index is 0.305. The first-order valence-corrected chi connectivity index (χ1v) is 9.24. The van der Waals surface area contributed by atoms with Crippen LogP contribution in [0, 0.1) is 13.8 Å². The van der Waals surface area contributed by atoms with Crippen LogP contribution in [0.4, 0.5) is 10.5 Å². The van der Waals surface area contributed by atoms with E-state index in [2.05, 4.69) is 10.6 Å². The van der Waals surface area contributed by atoms with E-state index in [9.17, 15) is 9.59 Å². The number of anilines is 1. The van der Waals surface area contributed by atoms with Crippen LogP contribution in [-0.2, 0) is 11.3 Å². The third kappa shape index (κ3) is 5.41. The maximum Gasteiger partial charge on any atom is 0.325 e. The van der Waals surface area contributed by atoms with E-state index in [0.29, 0.717) is 12.2 Å². The molecule has 2 aromatic rings. The van der Waals surface area contributed by atoms with Gasteiger partial charge in [-0.05, 0) is 50.4 Å². The highest BCUT2D eigenvalue weighted by Gasteiger charge is 2.22. The van der Waals surface area contributed by atoms with E-state index >= 15 is 0 Å². The number of carbonyl (C=O) groups is 2. The summed E-state index contributed by atoms with van der Waals surface area (Å²) in [6.07, 6.45) is 0. The fourth-order valence-corrected chi connectivity index (χ4v) is 3.34. The molecule has 1 aromatic heterocycles. The molecular formula is C19H25N3O2S. The largest absolute Gasteiger partial charge is 0.325 e. The van der Waals surface area contributed by atoms with Crippen LogP contribution in [0.1, 0.15) is 29.9 Å². The topological polar surface area (TPSA) is 61.4 Å². The number of nitrogens with zero attached hydrogens (tertiary/aromatic N) is 1. The maximum absolute atomic E-state index is 12.4. The normalized spacial score (nSPS) is 12.0. The first-order chi connectivity index (χ1) is 11.9. The highest BCUT2D eigenvalue weighted by Crippen LogP contribution is 2.16. The van der Waals surface area contributed by atoms with Gasteiger partial charge in [0.25, 0.3) is 0 Å². The standard InChI is InChI=1S/C19H25N3O2S/c1-5-22(12-16-7-6-10-25-16)15(4)18(23)21-19(24)20-17-9-8-13(2)11-14(17)3/h6-11,15H,5,12H2,1-4H3,(H2,20,21,23,24). The van der Waals surface area contributed by atoms with Crippen molar-refractivity contribution in [1.82, 2.24) is 10.2 Å². The van der Waals surface area contributed by atoms with Gasteiger partial charge in [0.2, 0.25) is 5.91 Å². The summed E-state index contributed by atoms with van der Waals surface area (Å²) in [4.78, 5) is 27.8. The Morgan fingerprint density at radius 3 is 2.60 bits per heavy atom. The van der Waals surface area contributed by atoms with Crippen LogP contribution in [0.15, 0.2) is 35.7 Å². The molecule has 0 saturated carbocycles. The molecule has 0 saturated heterocycles. The molecule has 0 fully saturated rings. The zero-order valence-corrected chi connectivity index (χ0v) is 15.9. The summed E-state index contributed by atoms with van der Waals surface area (Å²) in [5.74, 6) is -0.305. The second kappa shape index (κ2) is 8.78. The average Bonchev–Trinajstić information content (AvgIpc) is 3.07. The Bertz CT molecular complexity index is 728. The average molecular weight is 359 g/mol. The molecule has 134 valence electrons. The van der Waals surface area contributed by atoms with Gasteiger partial charge in [0.05, 0.1) is 6.04 Å². The quantitative estimate of drug-likeness (QED) is 0.822. The van der Waals surface area contributed by atoms with Crippen LogP contribution in [-0.4, -0.2) is 29.4 Å². The van der Waals surface area contributed by atoms with Gasteiger partial charge in [-0.1, -0.05) is 30.7 Å². The summed E-state index contributed by atoms with van der Waals surface area (Å²) < 4.78 is 0. The van der Waals surface area contributed by atoms with Crippen LogP contribution in [0.3, 0.4) is 0 Å². The summed E-state index contributed by atoms with van der Waals surface area (Å²) in [5.41, 5.74) is 2.79. The van der Waals surface area contributed by atoms with Crippen molar-refractivity contribution in [3.05, 3.63) is 51.7 Å². The van der Waals surface area contributed by atoms with E-state index in [1.165, 1.54) is 4.88 Å². The van der Waals surface area contributed by atoms with E-state index in [1.54, 1.807) is 11.3 Å². The summed E-state index contributed by atoms with van der Waals surface area (Å²) in [5, 5.41) is 7.19. The van der Waals surface area contributed by atoms with E-state index < -0.39 is 12.1 Å². The van der Waals surface area contributed by atoms with Crippen LogP contribution in [0.2, 0.25) is 0 Å². The number of hydrogen-bond donors (Lipinski definition) is 2. The minimum atomic E-state index is -0.504. The van der Waals surface area contributed by atoms with Gasteiger partial charge >= 0.3 is 6.03 Å². The van der Waals surface area contributed by atoms with Crippen molar-refractivity contribution in [2.24, 2.45) is 0 Å². The zero-order chi connectivity index (χ0) is 18.4. The van der Waals surface area contributed by atoms with Crippen LogP contribution < -0.4 is 10.6 Å². The number of carbonyl (C=O) groups excluding carboxylic acids is 2. The SMILES string of the molecule is CCN(Cc1cccs1)C(C)C(=O)NC(=O)Nc1ccc(C)cc1C. The summed E-state index contributed by atoms with van der Waals surface area (Å²) >= 11 is 1.66. The van der Waals surface area contributed by atoms with Crippen molar-refractivity contribution in [3.63, 3.8) is 0 Å². The molecule has 1 unspecified atom stereocenters. The van der Waals surface area contributed by atoms with Crippen LogP contribution >= 0.6 is 11.3 Å². The Balaban J connectivity index is 1.93. The lowest BCUT2D eigenvalue weighted by molar-refractivity contribution is -0.124. The molecule has 2 rings (SSSR count). The Morgan fingerprint density at radius 1 is 1.24 bits per heavy atom. The number of urea groups is 1. The van der Waals surface area contributed by atoms with Gasteiger partial charge in [0.1, 0.15) is 0 Å². The molecule has 1 heterocycles. The van der Waals surface area contributed by atoms with Gasteiger partial charge in [-0.2, -0.15) is 0 Å². The fourth-order valence-electron chi connectivity index (χ4n) is 2.61. The highest BCUT2D eigenvalue weighted by atomic mass is 32.1. The molecule has 25 heavy (non-hydrogen) atoms. The van der Waals surface area contributed by atoms with Gasteiger partial charge in [-0.25, -0.2) is 4.79 Å². The van der Waals surface area contributed by atoms with Crippen molar-refractivity contribution in [2.45, 2.75) is 40.3 Å². The van der Waals surface area contributed by atoms with Gasteiger partial charge in [-0.15, -0.1) is 11.3 Å². The van der Waals surface area contributed by atoms with E-state index in [0.717, 1.165) is 17.7 Å². The predicted octanol–water partition coefficient (Wildman–Crippen LogP) is 3.92. The van der Waals surface area contributed by atoms with Crippen molar-refractivity contribution in [1.29, 1.82) is 0 Å². The molecule has 2 N–H and O–H groups in total. The van der Waals surface area contributed by atoms with E-state index in [4.69, 9.17) is 0 Å². The van der Waals surface area contributed by atoms with Gasteiger partial charge in [0.15, 0.2) is 0 Å². The molecule has 0 aliphatic carbocycles. The Morgan fingerprint density at radius 2 is 2.00 bits per heavy atom. The second-order valence-corrected chi connectivity index (χ2v) is 7.11. The number of rotatable bonds is 6. The lowest BCUT2D eigenvalue weighted by atomic mass is 10.1. The zero-order valence-electron chi connectivity index (χ0n) is 15.1. The van der Waals surface area contributed by atoms with Crippen molar-refractivity contribution in [2.75, 3.05) is 11.9 Å². The summed E-state index contributed by atoms with van der Waals surface area (Å²) in [7, 11) is 0. The predicted molar refractivity (Wildman–Crippen MR) is 103 cm³/mol. The first-order valence-electron chi connectivity index (χ1n) is 8.36. The smallest absolute Gasteiger partial charge is 0.307 e. The van der Waals surface area contributed by atoms with E-state index in [1.807, 2.05) is 68.3 Å². The number of nitrogens with one attached hydrogen (secondary N) is 2. The third-order valence-corrected chi connectivity index (χ3v) is 5.00. The molecule has 0 aliphatic heterocycles. The maximum atomic E-state index is 12.4. The Labute approximate surface area is 153 Å². The summed E-state index contributed by atoms with van der Waals surface area (Å²) in [6.45, 7) is 9.17. The number of aryl methyl sites for hydroxylation is 2. The number of amides is 3. The number of imide groups is 1. The Hall–Kier alpha value is -2.18. The molecule has 0 aliphatic rings. The molecule has 6 heteroatoms. The molecule has 0 spiro atoms. The molecule has 0 radical (unpaired) electrons. The lowest BCUT2D eigenvalue weighted by Crippen LogP contribution is -2.47. The first kappa shape index (κ1) is 19.1. The molecule has 1 aromatic carbocycles. The van der Waals surface area contributed by atoms with Crippen molar-refractivity contribution < 1.29 is 9.59 Å². The van der Waals surface area contributed by atoms with Gasteiger partial charge in [0, 0.05) is 17.1 Å². The van der Waals surface area contributed by atoms with Crippen molar-refractivity contribution >= 4 is 29.0 Å². The number of benzene rings is 1. The van der Waals surface area contributed by atoms with Gasteiger partial charge < -0.3 is 5.32 Å². The van der Waals surface area contributed by atoms with Crippen LogP contribution in [0.25, 0.3) is 0 Å². The third-order valence-electron chi connectivity index (χ3n) is 4.14. The number of thiophene rings is 1. The van der Waals surface area contributed by atoms with Crippen molar-refractivity contribution in [3.8, 4) is 0 Å². The monoisotopic (exact) mass is 359 g/mol. The molecular weight excluding hydrogens is 334 g/mol. The lowest BCUT2D eigenvalue weighted by Gasteiger charge is -2.26. The second-order valence-electron chi connectivity index (χ2n) is 6.08. The minimum Gasteiger partial charge on any atom is -0.307 e. The Kier molecular flexibility index (Phi) is 6.73. The molecule has 5 nitrogen and oxygen atoms in total.